The van der Waals surface area contributed by atoms with Crippen LogP contribution >= 0.6 is 11.6 Å². The maximum Gasteiger partial charge on any atom is 0.246 e. The molecule has 5 heteroatoms. The third kappa shape index (κ3) is 3.85. The van der Waals surface area contributed by atoms with Crippen molar-refractivity contribution >= 4 is 23.2 Å². The van der Waals surface area contributed by atoms with Gasteiger partial charge in [0, 0.05) is 18.1 Å². The van der Waals surface area contributed by atoms with E-state index < -0.39 is 5.38 Å². The number of carbonyl (C=O) groups excluding carboxylic acids is 1. The summed E-state index contributed by atoms with van der Waals surface area (Å²) in [5, 5.41) is 3.63. The van der Waals surface area contributed by atoms with Crippen LogP contribution in [-0.4, -0.2) is 21.1 Å². The van der Waals surface area contributed by atoms with Crippen LogP contribution < -0.4 is 4.90 Å². The van der Waals surface area contributed by atoms with Crippen molar-refractivity contribution < 1.29 is 4.79 Å². The van der Waals surface area contributed by atoms with Gasteiger partial charge in [0.2, 0.25) is 5.91 Å². The van der Waals surface area contributed by atoms with Crippen LogP contribution in [0.4, 0.5) is 5.69 Å². The van der Waals surface area contributed by atoms with Crippen LogP contribution in [0.3, 0.4) is 0 Å². The fourth-order valence-corrected chi connectivity index (χ4v) is 2.31. The zero-order valence-corrected chi connectivity index (χ0v) is 13.1. The van der Waals surface area contributed by atoms with Crippen molar-refractivity contribution in [3.63, 3.8) is 0 Å². The first kappa shape index (κ1) is 15.6. The molecule has 21 heavy (non-hydrogen) atoms. The van der Waals surface area contributed by atoms with Crippen molar-refractivity contribution in [1.82, 2.24) is 9.78 Å². The van der Waals surface area contributed by atoms with E-state index in [9.17, 15) is 4.79 Å². The van der Waals surface area contributed by atoms with E-state index in [4.69, 9.17) is 11.6 Å². The molecular formula is C16H20ClN3O. The van der Waals surface area contributed by atoms with Crippen molar-refractivity contribution in [3.8, 4) is 0 Å². The van der Waals surface area contributed by atoms with Crippen LogP contribution in [-0.2, 0) is 11.5 Å². The molecule has 0 saturated carbocycles. The highest BCUT2D eigenvalue weighted by atomic mass is 35.5. The molecule has 0 bridgehead atoms. The number of benzene rings is 1. The number of aromatic nitrogens is 2. The van der Waals surface area contributed by atoms with Crippen molar-refractivity contribution in [2.45, 2.75) is 32.3 Å². The molecule has 2 aromatic rings. The molecule has 2 atom stereocenters. The Morgan fingerprint density at radius 3 is 2.62 bits per heavy atom. The number of rotatable bonds is 6. The topological polar surface area (TPSA) is 38.1 Å². The molecule has 1 aromatic carbocycles. The van der Waals surface area contributed by atoms with E-state index in [-0.39, 0.29) is 11.8 Å². The van der Waals surface area contributed by atoms with Crippen molar-refractivity contribution in [2.75, 3.05) is 4.90 Å². The average molecular weight is 306 g/mol. The van der Waals surface area contributed by atoms with E-state index in [1.807, 2.05) is 56.4 Å². The predicted octanol–water partition coefficient (Wildman–Crippen LogP) is 3.53. The predicted molar refractivity (Wildman–Crippen MR) is 85.3 cm³/mol. The van der Waals surface area contributed by atoms with Crippen LogP contribution in [0.25, 0.3) is 0 Å². The quantitative estimate of drug-likeness (QED) is 0.766. The molecule has 0 aliphatic carbocycles. The van der Waals surface area contributed by atoms with Gasteiger partial charge in [-0.3, -0.25) is 14.4 Å². The van der Waals surface area contributed by atoms with Crippen LogP contribution in [0.15, 0.2) is 48.8 Å². The number of anilines is 1. The number of amides is 1. The maximum absolute atomic E-state index is 12.7. The molecule has 4 nitrogen and oxygen atoms in total. The Morgan fingerprint density at radius 1 is 1.33 bits per heavy atom. The Labute approximate surface area is 130 Å². The minimum absolute atomic E-state index is 0.0901. The number of hydrogen-bond donors (Lipinski definition) is 0. The Hall–Kier alpha value is -1.81. The molecule has 0 saturated heterocycles. The van der Waals surface area contributed by atoms with Crippen molar-refractivity contribution in [3.05, 3.63) is 48.8 Å². The summed E-state index contributed by atoms with van der Waals surface area (Å²) in [4.78, 5) is 14.4. The van der Waals surface area contributed by atoms with Gasteiger partial charge in [0.15, 0.2) is 0 Å². The molecule has 2 unspecified atom stereocenters. The Morgan fingerprint density at radius 2 is 2.05 bits per heavy atom. The first-order valence-electron chi connectivity index (χ1n) is 7.11. The summed E-state index contributed by atoms with van der Waals surface area (Å²) in [7, 11) is 0. The summed E-state index contributed by atoms with van der Waals surface area (Å²) in [5.74, 6) is 0.0377. The molecular weight excluding hydrogens is 286 g/mol. The molecule has 0 N–H and O–H groups in total. The largest absolute Gasteiger partial charge is 0.291 e. The van der Waals surface area contributed by atoms with Crippen molar-refractivity contribution in [2.24, 2.45) is 5.92 Å². The number of para-hydroxylation sites is 1. The monoisotopic (exact) mass is 305 g/mol. The third-order valence-electron chi connectivity index (χ3n) is 3.56. The summed E-state index contributed by atoms with van der Waals surface area (Å²) in [6.45, 7) is 4.38. The first-order chi connectivity index (χ1) is 10.1. The molecule has 1 aromatic heterocycles. The average Bonchev–Trinajstić information content (AvgIpc) is 3.04. The van der Waals surface area contributed by atoms with Gasteiger partial charge in [0.1, 0.15) is 12.0 Å². The fraction of sp³-hybridized carbons (Fsp3) is 0.375. The minimum Gasteiger partial charge on any atom is -0.291 e. The molecule has 0 aliphatic rings. The molecule has 1 heterocycles. The highest BCUT2D eigenvalue weighted by molar-refractivity contribution is 6.33. The second-order valence-electron chi connectivity index (χ2n) is 5.08. The van der Waals surface area contributed by atoms with E-state index in [0.29, 0.717) is 6.67 Å². The van der Waals surface area contributed by atoms with Gasteiger partial charge >= 0.3 is 0 Å². The highest BCUT2D eigenvalue weighted by Gasteiger charge is 2.27. The van der Waals surface area contributed by atoms with Gasteiger partial charge in [0.05, 0.1) is 0 Å². The van der Waals surface area contributed by atoms with Crippen LogP contribution in [0.5, 0.6) is 0 Å². The van der Waals surface area contributed by atoms with Crippen molar-refractivity contribution in [1.29, 1.82) is 0 Å². The van der Waals surface area contributed by atoms with Crippen LogP contribution in [0.2, 0.25) is 0 Å². The zero-order chi connectivity index (χ0) is 15.2. The standard InChI is InChI=1S/C16H20ClN3O/c1-3-13(2)15(17)16(21)20(12-19-11-7-10-18-19)14-8-5-4-6-9-14/h4-11,13,15H,3,12H2,1-2H3. The molecule has 0 fully saturated rings. The maximum atomic E-state index is 12.7. The smallest absolute Gasteiger partial charge is 0.246 e. The normalized spacial score (nSPS) is 13.7. The Bertz CT molecular complexity index is 556. The SMILES string of the molecule is CCC(C)C(Cl)C(=O)N(Cn1cccn1)c1ccccc1. The molecule has 1 amide bonds. The first-order valence-corrected chi connectivity index (χ1v) is 7.55. The molecule has 112 valence electrons. The molecule has 0 aliphatic heterocycles. The number of carbonyl (C=O) groups is 1. The van der Waals surface area contributed by atoms with Crippen LogP contribution in [0.1, 0.15) is 20.3 Å². The zero-order valence-electron chi connectivity index (χ0n) is 12.3. The van der Waals surface area contributed by atoms with E-state index in [2.05, 4.69) is 5.10 Å². The number of alkyl halides is 1. The molecule has 2 rings (SSSR count). The summed E-state index contributed by atoms with van der Waals surface area (Å²) < 4.78 is 1.71. The second kappa shape index (κ2) is 7.27. The van der Waals surface area contributed by atoms with E-state index >= 15 is 0 Å². The van der Waals surface area contributed by atoms with Crippen LogP contribution in [0, 0.1) is 5.92 Å². The summed E-state index contributed by atoms with van der Waals surface area (Å²) in [6, 6.07) is 11.4. The lowest BCUT2D eigenvalue weighted by molar-refractivity contribution is -0.119. The third-order valence-corrected chi connectivity index (χ3v) is 4.18. The van der Waals surface area contributed by atoms with E-state index in [1.165, 1.54) is 0 Å². The van der Waals surface area contributed by atoms with Gasteiger partial charge in [-0.2, -0.15) is 5.10 Å². The second-order valence-corrected chi connectivity index (χ2v) is 5.55. The van der Waals surface area contributed by atoms with Gasteiger partial charge in [0.25, 0.3) is 0 Å². The summed E-state index contributed by atoms with van der Waals surface area (Å²) in [5.41, 5.74) is 0.826. The minimum atomic E-state index is -0.536. The molecule has 0 radical (unpaired) electrons. The van der Waals surface area contributed by atoms with Gasteiger partial charge in [-0.25, -0.2) is 0 Å². The Kier molecular flexibility index (Phi) is 5.39. The lowest BCUT2D eigenvalue weighted by Crippen LogP contribution is -2.40. The fourth-order valence-electron chi connectivity index (χ4n) is 2.01. The lowest BCUT2D eigenvalue weighted by atomic mass is 10.0. The van der Waals surface area contributed by atoms with Gasteiger partial charge in [-0.05, 0) is 24.1 Å². The lowest BCUT2D eigenvalue weighted by Gasteiger charge is -2.27. The van der Waals surface area contributed by atoms with Gasteiger partial charge < -0.3 is 0 Å². The summed E-state index contributed by atoms with van der Waals surface area (Å²) in [6.07, 6.45) is 4.39. The summed E-state index contributed by atoms with van der Waals surface area (Å²) >= 11 is 6.35. The Balaban J connectivity index is 2.25. The number of nitrogens with zero attached hydrogens (tertiary/aromatic N) is 3. The number of halogens is 1. The van der Waals surface area contributed by atoms with Gasteiger partial charge in [-0.1, -0.05) is 38.5 Å². The van der Waals surface area contributed by atoms with Gasteiger partial charge in [-0.15, -0.1) is 11.6 Å². The molecule has 0 spiro atoms. The number of hydrogen-bond acceptors (Lipinski definition) is 2. The van der Waals surface area contributed by atoms with E-state index in [1.54, 1.807) is 15.8 Å². The highest BCUT2D eigenvalue weighted by Crippen LogP contribution is 2.22. The van der Waals surface area contributed by atoms with E-state index in [0.717, 1.165) is 12.1 Å².